The number of benzene rings is 1. The van der Waals surface area contributed by atoms with Crippen LogP contribution in [0.4, 0.5) is 8.78 Å². The van der Waals surface area contributed by atoms with Gasteiger partial charge in [0.25, 0.3) is 6.43 Å². The molecular weight excluding hydrogens is 210 g/mol. The number of rotatable bonds is 2. The lowest BCUT2D eigenvalue weighted by molar-refractivity contribution is -0.00655. The summed E-state index contributed by atoms with van der Waals surface area (Å²) in [7, 11) is 0. The highest BCUT2D eigenvalue weighted by Crippen LogP contribution is 2.32. The topological polar surface area (TPSA) is 20.2 Å². The second-order valence-corrected chi connectivity index (χ2v) is 4.32. The van der Waals surface area contributed by atoms with Crippen LogP contribution in [-0.4, -0.2) is 11.5 Å². The fourth-order valence-corrected chi connectivity index (χ4v) is 2.10. The minimum Gasteiger partial charge on any atom is -0.382 e. The van der Waals surface area contributed by atoms with Crippen LogP contribution in [0.15, 0.2) is 0 Å². The standard InChI is InChI=1S/C13H18F2O/c1-6-7(2)9(4)11(10(5)8(6)3)12(16)13(14)15/h12-13,16H,1-5H3. The van der Waals surface area contributed by atoms with Crippen LogP contribution in [0.25, 0.3) is 0 Å². The van der Waals surface area contributed by atoms with Crippen LogP contribution < -0.4 is 0 Å². The maximum atomic E-state index is 12.6. The van der Waals surface area contributed by atoms with Crippen molar-refractivity contribution < 1.29 is 13.9 Å². The van der Waals surface area contributed by atoms with Crippen molar-refractivity contribution in [1.82, 2.24) is 0 Å². The smallest absolute Gasteiger partial charge is 0.268 e. The summed E-state index contributed by atoms with van der Waals surface area (Å²) in [6.07, 6.45) is -4.42. The third-order valence-electron chi connectivity index (χ3n) is 3.59. The predicted octanol–water partition coefficient (Wildman–Crippen LogP) is 3.53. The van der Waals surface area contributed by atoms with Crippen LogP contribution in [0.1, 0.15) is 39.5 Å². The molecule has 0 bridgehead atoms. The minimum absolute atomic E-state index is 0.385. The molecular formula is C13H18F2O. The second kappa shape index (κ2) is 4.50. The largest absolute Gasteiger partial charge is 0.382 e. The summed E-state index contributed by atoms with van der Waals surface area (Å²) in [6, 6.07) is 0. The van der Waals surface area contributed by atoms with Gasteiger partial charge in [-0.3, -0.25) is 0 Å². The van der Waals surface area contributed by atoms with Crippen molar-refractivity contribution in [1.29, 1.82) is 0 Å². The normalized spacial score (nSPS) is 13.3. The van der Waals surface area contributed by atoms with E-state index in [0.29, 0.717) is 5.56 Å². The number of hydrogen-bond acceptors (Lipinski definition) is 1. The molecule has 0 saturated heterocycles. The first-order valence-electron chi connectivity index (χ1n) is 5.32. The number of halogens is 2. The average molecular weight is 228 g/mol. The highest BCUT2D eigenvalue weighted by molar-refractivity contribution is 5.50. The molecule has 1 atom stereocenters. The van der Waals surface area contributed by atoms with E-state index in [2.05, 4.69) is 0 Å². The van der Waals surface area contributed by atoms with Gasteiger partial charge in [0.1, 0.15) is 6.10 Å². The molecule has 3 heteroatoms. The zero-order valence-corrected chi connectivity index (χ0v) is 10.4. The lowest BCUT2D eigenvalue weighted by Gasteiger charge is -2.21. The van der Waals surface area contributed by atoms with Gasteiger partial charge < -0.3 is 5.11 Å². The zero-order valence-electron chi connectivity index (χ0n) is 10.4. The van der Waals surface area contributed by atoms with Gasteiger partial charge in [0.05, 0.1) is 0 Å². The van der Waals surface area contributed by atoms with E-state index >= 15 is 0 Å². The molecule has 0 amide bonds. The molecule has 0 heterocycles. The molecule has 0 aliphatic carbocycles. The average Bonchev–Trinajstić information content (AvgIpc) is 2.23. The van der Waals surface area contributed by atoms with E-state index in [4.69, 9.17) is 0 Å². The van der Waals surface area contributed by atoms with Crippen LogP contribution in [0.5, 0.6) is 0 Å². The Labute approximate surface area is 95.1 Å². The van der Waals surface area contributed by atoms with Crippen LogP contribution in [-0.2, 0) is 0 Å². The van der Waals surface area contributed by atoms with E-state index in [1.807, 2.05) is 20.8 Å². The van der Waals surface area contributed by atoms with E-state index in [1.54, 1.807) is 13.8 Å². The van der Waals surface area contributed by atoms with Gasteiger partial charge in [0.15, 0.2) is 0 Å². The third-order valence-corrected chi connectivity index (χ3v) is 3.59. The van der Waals surface area contributed by atoms with Gasteiger partial charge in [0.2, 0.25) is 0 Å². The van der Waals surface area contributed by atoms with E-state index in [1.165, 1.54) is 0 Å². The van der Waals surface area contributed by atoms with Gasteiger partial charge in [0, 0.05) is 0 Å². The summed E-state index contributed by atoms with van der Waals surface area (Å²) in [5.74, 6) is 0. The molecule has 1 unspecified atom stereocenters. The molecule has 1 aromatic rings. The van der Waals surface area contributed by atoms with Crippen molar-refractivity contribution in [3.63, 3.8) is 0 Å². The van der Waals surface area contributed by atoms with Crippen LogP contribution >= 0.6 is 0 Å². The fourth-order valence-electron chi connectivity index (χ4n) is 2.10. The number of alkyl halides is 2. The van der Waals surface area contributed by atoms with Gasteiger partial charge in [-0.2, -0.15) is 0 Å². The summed E-state index contributed by atoms with van der Waals surface area (Å²) in [6.45, 7) is 9.35. The summed E-state index contributed by atoms with van der Waals surface area (Å²) >= 11 is 0. The van der Waals surface area contributed by atoms with Crippen molar-refractivity contribution in [2.45, 2.75) is 47.1 Å². The highest BCUT2D eigenvalue weighted by atomic mass is 19.3. The lowest BCUT2D eigenvalue weighted by atomic mass is 9.87. The Morgan fingerprint density at radius 1 is 0.750 bits per heavy atom. The fraction of sp³-hybridized carbons (Fsp3) is 0.538. The van der Waals surface area contributed by atoms with Crippen LogP contribution in [0.2, 0.25) is 0 Å². The molecule has 0 aromatic heterocycles. The van der Waals surface area contributed by atoms with Gasteiger partial charge in [-0.25, -0.2) is 8.78 Å². The summed E-state index contributed by atoms with van der Waals surface area (Å²) in [5, 5.41) is 9.55. The molecule has 0 aliphatic rings. The molecule has 0 saturated carbocycles. The van der Waals surface area contributed by atoms with E-state index < -0.39 is 12.5 Å². The minimum atomic E-state index is -2.74. The number of aliphatic hydroxyl groups is 1. The molecule has 0 radical (unpaired) electrons. The van der Waals surface area contributed by atoms with Gasteiger partial charge >= 0.3 is 0 Å². The maximum Gasteiger partial charge on any atom is 0.268 e. The van der Waals surface area contributed by atoms with E-state index in [0.717, 1.165) is 27.8 Å². The quantitative estimate of drug-likeness (QED) is 0.821. The Bertz CT molecular complexity index is 382. The molecule has 1 N–H and O–H groups in total. The molecule has 90 valence electrons. The first-order chi connectivity index (χ1) is 7.29. The predicted molar refractivity (Wildman–Crippen MR) is 61.1 cm³/mol. The highest BCUT2D eigenvalue weighted by Gasteiger charge is 2.25. The van der Waals surface area contributed by atoms with Crippen LogP contribution in [0, 0.1) is 34.6 Å². The SMILES string of the molecule is Cc1c(C)c(C)c(C(O)C(F)F)c(C)c1C. The van der Waals surface area contributed by atoms with Crippen molar-refractivity contribution >= 4 is 0 Å². The number of hydrogen-bond donors (Lipinski definition) is 1. The van der Waals surface area contributed by atoms with Crippen molar-refractivity contribution in [3.05, 3.63) is 33.4 Å². The van der Waals surface area contributed by atoms with Gasteiger partial charge in [-0.15, -0.1) is 0 Å². The van der Waals surface area contributed by atoms with Gasteiger partial charge in [-0.1, -0.05) is 0 Å². The Hall–Kier alpha value is -0.960. The third kappa shape index (κ3) is 1.96. The molecule has 1 nitrogen and oxygen atoms in total. The zero-order chi connectivity index (χ0) is 12.6. The molecule has 0 spiro atoms. The van der Waals surface area contributed by atoms with E-state index in [9.17, 15) is 13.9 Å². The summed E-state index contributed by atoms with van der Waals surface area (Å²) < 4.78 is 25.2. The lowest BCUT2D eigenvalue weighted by Crippen LogP contribution is -2.14. The van der Waals surface area contributed by atoms with Crippen LogP contribution in [0.3, 0.4) is 0 Å². The second-order valence-electron chi connectivity index (χ2n) is 4.32. The Balaban J connectivity index is 3.51. The summed E-state index contributed by atoms with van der Waals surface area (Å²) in [5.41, 5.74) is 5.01. The van der Waals surface area contributed by atoms with Crippen molar-refractivity contribution in [3.8, 4) is 0 Å². The first kappa shape index (κ1) is 13.1. The van der Waals surface area contributed by atoms with Crippen molar-refractivity contribution in [2.24, 2.45) is 0 Å². The van der Waals surface area contributed by atoms with Crippen molar-refractivity contribution in [2.75, 3.05) is 0 Å². The molecule has 1 aromatic carbocycles. The Morgan fingerprint density at radius 2 is 1.06 bits per heavy atom. The Kier molecular flexibility index (Phi) is 3.68. The molecule has 16 heavy (non-hydrogen) atoms. The Morgan fingerprint density at radius 3 is 1.38 bits per heavy atom. The molecule has 0 aliphatic heterocycles. The monoisotopic (exact) mass is 228 g/mol. The molecule has 1 rings (SSSR count). The van der Waals surface area contributed by atoms with Gasteiger partial charge in [-0.05, 0) is 68.0 Å². The maximum absolute atomic E-state index is 12.6. The summed E-state index contributed by atoms with van der Waals surface area (Å²) in [4.78, 5) is 0. The number of aliphatic hydroxyl groups excluding tert-OH is 1. The van der Waals surface area contributed by atoms with E-state index in [-0.39, 0.29) is 0 Å². The first-order valence-corrected chi connectivity index (χ1v) is 5.32. The molecule has 0 fully saturated rings.